The van der Waals surface area contributed by atoms with Crippen LogP contribution in [0.15, 0.2) is 6.58 Å². The van der Waals surface area contributed by atoms with Crippen molar-refractivity contribution in [3.05, 3.63) is 12.4 Å². The molecule has 0 amide bonds. The van der Waals surface area contributed by atoms with Gasteiger partial charge in [-0.3, -0.25) is 0 Å². The maximum Gasteiger partial charge on any atom is 0.177 e. The van der Waals surface area contributed by atoms with Crippen molar-refractivity contribution in [1.29, 1.82) is 0 Å². The lowest BCUT2D eigenvalue weighted by Crippen LogP contribution is -2.52. The molecule has 4 aliphatic carbocycles. The van der Waals surface area contributed by atoms with Gasteiger partial charge in [0.05, 0.1) is 5.54 Å². The van der Waals surface area contributed by atoms with Crippen molar-refractivity contribution in [2.45, 2.75) is 51.0 Å². The van der Waals surface area contributed by atoms with Gasteiger partial charge in [0.2, 0.25) is 0 Å². The predicted molar refractivity (Wildman–Crippen MR) is 68.7 cm³/mol. The first-order valence-electron chi connectivity index (χ1n) is 7.11. The number of tetrazole rings is 1. The fourth-order valence-electron chi connectivity index (χ4n) is 5.10. The van der Waals surface area contributed by atoms with Gasteiger partial charge in [-0.2, -0.15) is 0 Å². The lowest BCUT2D eigenvalue weighted by atomic mass is 9.53. The molecule has 0 atom stereocenters. The monoisotopic (exact) mass is 244 g/mol. The second-order valence-corrected chi connectivity index (χ2v) is 6.84. The summed E-state index contributed by atoms with van der Waals surface area (Å²) < 4.78 is 2.12. The third-order valence-corrected chi connectivity index (χ3v) is 5.31. The van der Waals surface area contributed by atoms with Crippen molar-refractivity contribution in [2.75, 3.05) is 0 Å². The molecule has 4 aliphatic rings. The molecule has 4 heteroatoms. The van der Waals surface area contributed by atoms with Crippen LogP contribution >= 0.6 is 0 Å². The van der Waals surface area contributed by atoms with Gasteiger partial charge >= 0.3 is 0 Å². The Kier molecular flexibility index (Phi) is 2.04. The van der Waals surface area contributed by atoms with E-state index in [4.69, 9.17) is 0 Å². The first-order chi connectivity index (χ1) is 8.66. The molecule has 0 unspecified atom stereocenters. The Hall–Kier alpha value is -1.19. The van der Waals surface area contributed by atoms with Crippen LogP contribution < -0.4 is 0 Å². The zero-order valence-corrected chi connectivity index (χ0v) is 11.0. The Bertz CT molecular complexity index is 466. The van der Waals surface area contributed by atoms with Crippen LogP contribution in [0.1, 0.15) is 51.3 Å². The Balaban J connectivity index is 1.79. The highest BCUT2D eigenvalue weighted by atomic mass is 15.6. The minimum atomic E-state index is 0.215. The Labute approximate surface area is 107 Å². The summed E-state index contributed by atoms with van der Waals surface area (Å²) in [5.74, 6) is 3.65. The summed E-state index contributed by atoms with van der Waals surface area (Å²) in [5.41, 5.74) is 1.20. The minimum absolute atomic E-state index is 0.215. The Morgan fingerprint density at radius 1 is 1.17 bits per heavy atom. The van der Waals surface area contributed by atoms with Crippen molar-refractivity contribution in [3.8, 4) is 0 Å². The largest absolute Gasteiger partial charge is 0.219 e. The van der Waals surface area contributed by atoms with E-state index in [0.29, 0.717) is 0 Å². The second-order valence-electron chi connectivity index (χ2n) is 6.84. The molecule has 1 aromatic heterocycles. The van der Waals surface area contributed by atoms with Crippen molar-refractivity contribution in [1.82, 2.24) is 20.2 Å². The van der Waals surface area contributed by atoms with Gasteiger partial charge in [-0.25, -0.2) is 4.68 Å². The van der Waals surface area contributed by atoms with Gasteiger partial charge in [-0.15, -0.1) is 5.10 Å². The summed E-state index contributed by atoms with van der Waals surface area (Å²) in [7, 11) is 0. The Morgan fingerprint density at radius 2 is 1.72 bits per heavy atom. The van der Waals surface area contributed by atoms with Gasteiger partial charge in [0, 0.05) is 0 Å². The summed E-state index contributed by atoms with van der Waals surface area (Å²) >= 11 is 0. The number of hydrogen-bond donors (Lipinski definition) is 0. The number of allylic oxidation sites excluding steroid dienone is 1. The summed E-state index contributed by atoms with van der Waals surface area (Å²) in [6, 6.07) is 0. The third-order valence-electron chi connectivity index (χ3n) is 5.31. The zero-order chi connectivity index (χ0) is 12.3. The average Bonchev–Trinajstić information content (AvgIpc) is 2.76. The van der Waals surface area contributed by atoms with Crippen LogP contribution in [-0.2, 0) is 5.54 Å². The molecule has 0 spiro atoms. The molecule has 4 nitrogen and oxygen atoms in total. The highest BCUT2D eigenvalue weighted by Gasteiger charge is 2.53. The van der Waals surface area contributed by atoms with Crippen molar-refractivity contribution in [2.24, 2.45) is 17.8 Å². The van der Waals surface area contributed by atoms with E-state index in [2.05, 4.69) is 26.8 Å². The number of rotatable bonds is 2. The van der Waals surface area contributed by atoms with E-state index in [9.17, 15) is 0 Å². The molecule has 0 saturated heterocycles. The van der Waals surface area contributed by atoms with Crippen molar-refractivity contribution < 1.29 is 0 Å². The standard InChI is InChI=1S/C14H20N4/c1-9(2)13-15-16-17-18(13)14-6-10-3-11(7-14)5-12(4-10)8-14/h10-12H,1,3-8H2,2H3. The molecule has 5 rings (SSSR count). The molecule has 4 fully saturated rings. The lowest BCUT2D eigenvalue weighted by Gasteiger charge is -2.56. The van der Waals surface area contributed by atoms with Crippen molar-refractivity contribution >= 4 is 5.57 Å². The van der Waals surface area contributed by atoms with Crippen LogP contribution in [0, 0.1) is 17.8 Å². The first-order valence-corrected chi connectivity index (χ1v) is 7.11. The maximum absolute atomic E-state index is 4.32. The van der Waals surface area contributed by atoms with Gasteiger partial charge in [-0.1, -0.05) is 6.58 Å². The topological polar surface area (TPSA) is 43.6 Å². The van der Waals surface area contributed by atoms with Crippen LogP contribution in [0.4, 0.5) is 0 Å². The molecule has 18 heavy (non-hydrogen) atoms. The van der Waals surface area contributed by atoms with E-state index in [0.717, 1.165) is 29.2 Å². The fraction of sp³-hybridized carbons (Fsp3) is 0.786. The molecular formula is C14H20N4. The summed E-state index contributed by atoms with van der Waals surface area (Å²) in [4.78, 5) is 0. The van der Waals surface area contributed by atoms with E-state index < -0.39 is 0 Å². The highest BCUT2D eigenvalue weighted by molar-refractivity contribution is 5.54. The molecule has 4 saturated carbocycles. The molecular weight excluding hydrogens is 224 g/mol. The molecule has 0 N–H and O–H groups in total. The summed E-state index contributed by atoms with van der Waals surface area (Å²) in [6.45, 7) is 6.03. The Morgan fingerprint density at radius 3 is 2.22 bits per heavy atom. The average molecular weight is 244 g/mol. The summed E-state index contributed by atoms with van der Waals surface area (Å²) in [5, 5.41) is 12.4. The smallest absolute Gasteiger partial charge is 0.177 e. The number of hydrogen-bond acceptors (Lipinski definition) is 3. The van der Waals surface area contributed by atoms with Gasteiger partial charge in [0.15, 0.2) is 5.82 Å². The van der Waals surface area contributed by atoms with Crippen LogP contribution in [0.3, 0.4) is 0 Å². The highest BCUT2D eigenvalue weighted by Crippen LogP contribution is 2.58. The molecule has 96 valence electrons. The maximum atomic E-state index is 4.32. The zero-order valence-electron chi connectivity index (χ0n) is 11.0. The van der Waals surface area contributed by atoms with Crippen LogP contribution in [0.5, 0.6) is 0 Å². The normalized spacial score (nSPS) is 41.3. The van der Waals surface area contributed by atoms with E-state index in [1.807, 2.05) is 6.92 Å². The molecule has 1 heterocycles. The molecule has 0 aliphatic heterocycles. The number of nitrogens with zero attached hydrogens (tertiary/aromatic N) is 4. The molecule has 1 aromatic rings. The van der Waals surface area contributed by atoms with Gasteiger partial charge in [-0.05, 0) is 79.2 Å². The second kappa shape index (κ2) is 3.43. The lowest BCUT2D eigenvalue weighted by molar-refractivity contribution is -0.0507. The van der Waals surface area contributed by atoms with Gasteiger partial charge in [0.25, 0.3) is 0 Å². The van der Waals surface area contributed by atoms with E-state index in [1.54, 1.807) is 0 Å². The number of aromatic nitrogens is 4. The van der Waals surface area contributed by atoms with Crippen molar-refractivity contribution in [3.63, 3.8) is 0 Å². The quantitative estimate of drug-likeness (QED) is 0.803. The van der Waals surface area contributed by atoms with Crippen LogP contribution in [0.2, 0.25) is 0 Å². The van der Waals surface area contributed by atoms with Gasteiger partial charge < -0.3 is 0 Å². The van der Waals surface area contributed by atoms with Gasteiger partial charge in [0.1, 0.15) is 0 Å². The van der Waals surface area contributed by atoms with Crippen LogP contribution in [-0.4, -0.2) is 20.2 Å². The SMILES string of the molecule is C=C(C)c1nnnn1C12CC3CC(CC(C3)C1)C2. The molecule has 0 aromatic carbocycles. The minimum Gasteiger partial charge on any atom is -0.219 e. The molecule has 4 bridgehead atoms. The fourth-order valence-corrected chi connectivity index (χ4v) is 5.10. The predicted octanol–water partition coefficient (Wildman–Crippen LogP) is 2.63. The van der Waals surface area contributed by atoms with E-state index in [-0.39, 0.29) is 5.54 Å². The van der Waals surface area contributed by atoms with E-state index >= 15 is 0 Å². The summed E-state index contributed by atoms with van der Waals surface area (Å²) in [6.07, 6.45) is 8.19. The molecule has 0 radical (unpaired) electrons. The first kappa shape index (κ1) is 10.7. The van der Waals surface area contributed by atoms with Crippen LogP contribution in [0.25, 0.3) is 5.57 Å². The third kappa shape index (κ3) is 1.35. The van der Waals surface area contributed by atoms with E-state index in [1.165, 1.54) is 38.5 Å².